The fourth-order valence-electron chi connectivity index (χ4n) is 4.48. The molecular formula is C31H37N3OS. The Balaban J connectivity index is 1.37. The Hall–Kier alpha value is -2.89. The Morgan fingerprint density at radius 3 is 2.47 bits per heavy atom. The minimum Gasteiger partial charge on any atom is -0.352 e. The molecule has 5 heteroatoms. The van der Waals surface area contributed by atoms with E-state index in [1.807, 2.05) is 18.2 Å². The van der Waals surface area contributed by atoms with Gasteiger partial charge in [-0.3, -0.25) is 14.7 Å². The van der Waals surface area contributed by atoms with Crippen molar-refractivity contribution in [1.82, 2.24) is 10.2 Å². The lowest BCUT2D eigenvalue weighted by atomic mass is 10.1. The highest BCUT2D eigenvalue weighted by molar-refractivity contribution is 7.99. The zero-order valence-electron chi connectivity index (χ0n) is 21.5. The van der Waals surface area contributed by atoms with E-state index in [2.05, 4.69) is 78.7 Å². The van der Waals surface area contributed by atoms with Crippen LogP contribution in [0, 0.1) is 0 Å². The molecule has 1 aliphatic rings. The molecule has 1 heterocycles. The number of benzene rings is 3. The topological polar surface area (TPSA) is 44.7 Å². The summed E-state index contributed by atoms with van der Waals surface area (Å²) < 4.78 is 0. The number of fused-ring (bicyclic) bond motifs is 2. The number of unbranched alkanes of at least 4 members (excludes halogenated alkanes) is 1. The third kappa shape index (κ3) is 7.08. The van der Waals surface area contributed by atoms with E-state index in [0.717, 1.165) is 55.2 Å². The molecule has 0 radical (unpaired) electrons. The van der Waals surface area contributed by atoms with E-state index in [1.54, 1.807) is 11.8 Å². The summed E-state index contributed by atoms with van der Waals surface area (Å²) in [5.74, 6) is -0.0278. The number of hydrogen-bond acceptors (Lipinski definition) is 4. The van der Waals surface area contributed by atoms with Gasteiger partial charge < -0.3 is 5.32 Å². The van der Waals surface area contributed by atoms with Gasteiger partial charge in [0.15, 0.2) is 0 Å². The molecule has 188 valence electrons. The number of rotatable bonds is 12. The van der Waals surface area contributed by atoms with Gasteiger partial charge in [-0.05, 0) is 55.6 Å². The lowest BCUT2D eigenvalue weighted by molar-refractivity contribution is 0.0951. The minimum atomic E-state index is -0.0278. The molecule has 1 aliphatic heterocycles. The van der Waals surface area contributed by atoms with Crippen molar-refractivity contribution in [3.05, 3.63) is 89.5 Å². The van der Waals surface area contributed by atoms with E-state index in [0.29, 0.717) is 12.1 Å². The largest absolute Gasteiger partial charge is 0.352 e. The molecule has 3 aromatic carbocycles. The van der Waals surface area contributed by atoms with E-state index in [-0.39, 0.29) is 5.91 Å². The molecule has 0 fully saturated rings. The van der Waals surface area contributed by atoms with Crippen LogP contribution in [0.4, 0.5) is 5.69 Å². The Kier molecular flexibility index (Phi) is 9.76. The normalized spacial score (nSPS) is 12.5. The predicted molar refractivity (Wildman–Crippen MR) is 152 cm³/mol. The van der Waals surface area contributed by atoms with Crippen LogP contribution in [0.1, 0.15) is 67.4 Å². The molecule has 4 nitrogen and oxygen atoms in total. The highest BCUT2D eigenvalue weighted by Gasteiger charge is 2.18. The standard InChI is InChI=1S/C31H37N3OS/c1-3-5-20-34(23-24-13-7-6-8-14-24)21-11-19-32-31(35)25-17-18-30-28(22-25)33-27(12-4-2)26-15-9-10-16-29(26)36-30/h6-10,13-18,22H,3-5,11-12,19-21,23H2,1-2H3,(H,32,35). The smallest absolute Gasteiger partial charge is 0.251 e. The molecule has 1 N–H and O–H groups in total. The monoisotopic (exact) mass is 499 g/mol. The summed E-state index contributed by atoms with van der Waals surface area (Å²) in [6, 6.07) is 25.0. The van der Waals surface area contributed by atoms with Crippen LogP contribution >= 0.6 is 11.8 Å². The molecule has 0 saturated carbocycles. The van der Waals surface area contributed by atoms with E-state index < -0.39 is 0 Å². The van der Waals surface area contributed by atoms with Gasteiger partial charge in [0.05, 0.1) is 5.69 Å². The van der Waals surface area contributed by atoms with Crippen LogP contribution in [0.15, 0.2) is 87.6 Å². The van der Waals surface area contributed by atoms with Crippen LogP contribution in [-0.4, -0.2) is 36.2 Å². The molecular weight excluding hydrogens is 462 g/mol. The molecule has 0 atom stereocenters. The molecule has 0 aliphatic carbocycles. The summed E-state index contributed by atoms with van der Waals surface area (Å²) >= 11 is 1.73. The second kappa shape index (κ2) is 13.4. The first kappa shape index (κ1) is 26.2. The average molecular weight is 500 g/mol. The summed E-state index contributed by atoms with van der Waals surface area (Å²) in [5, 5.41) is 3.13. The van der Waals surface area contributed by atoms with Gasteiger partial charge in [0, 0.05) is 46.3 Å². The number of carbonyl (C=O) groups is 1. The molecule has 3 aromatic rings. The zero-order valence-corrected chi connectivity index (χ0v) is 22.3. The molecule has 36 heavy (non-hydrogen) atoms. The van der Waals surface area contributed by atoms with Crippen molar-refractivity contribution in [2.24, 2.45) is 4.99 Å². The van der Waals surface area contributed by atoms with Crippen LogP contribution in [0.25, 0.3) is 0 Å². The fourth-order valence-corrected chi connectivity index (χ4v) is 5.50. The fraction of sp³-hybridized carbons (Fsp3) is 0.355. The molecule has 1 amide bonds. The van der Waals surface area contributed by atoms with Gasteiger partial charge in [-0.15, -0.1) is 0 Å². The summed E-state index contributed by atoms with van der Waals surface area (Å²) in [4.78, 5) is 22.8. The van der Waals surface area contributed by atoms with Gasteiger partial charge in [-0.25, -0.2) is 0 Å². The minimum absolute atomic E-state index is 0.0278. The van der Waals surface area contributed by atoms with Crippen molar-refractivity contribution >= 4 is 29.1 Å². The van der Waals surface area contributed by atoms with Gasteiger partial charge in [-0.2, -0.15) is 0 Å². The lowest BCUT2D eigenvalue weighted by Crippen LogP contribution is -2.30. The number of carbonyl (C=O) groups excluding carboxylic acids is 1. The SMILES string of the molecule is CCCCN(CCCNC(=O)c1ccc2c(c1)N=C(CCC)c1ccccc1S2)Cc1ccccc1. The Labute approximate surface area is 220 Å². The summed E-state index contributed by atoms with van der Waals surface area (Å²) in [6.45, 7) is 8.09. The molecule has 0 spiro atoms. The number of amides is 1. The van der Waals surface area contributed by atoms with Crippen LogP contribution < -0.4 is 5.32 Å². The van der Waals surface area contributed by atoms with Gasteiger partial charge in [0.25, 0.3) is 5.91 Å². The van der Waals surface area contributed by atoms with Crippen molar-refractivity contribution in [2.75, 3.05) is 19.6 Å². The summed E-state index contributed by atoms with van der Waals surface area (Å²) in [6.07, 6.45) is 5.26. The van der Waals surface area contributed by atoms with Crippen LogP contribution in [0.2, 0.25) is 0 Å². The number of nitrogens with zero attached hydrogens (tertiary/aromatic N) is 2. The summed E-state index contributed by atoms with van der Waals surface area (Å²) in [5.41, 5.74) is 5.20. The van der Waals surface area contributed by atoms with E-state index in [1.165, 1.54) is 28.9 Å². The van der Waals surface area contributed by atoms with Gasteiger partial charge in [0.2, 0.25) is 0 Å². The van der Waals surface area contributed by atoms with Crippen LogP contribution in [0.5, 0.6) is 0 Å². The molecule has 0 unspecified atom stereocenters. The first-order valence-corrected chi connectivity index (χ1v) is 14.0. The zero-order chi connectivity index (χ0) is 25.2. The highest BCUT2D eigenvalue weighted by Crippen LogP contribution is 2.41. The quantitative estimate of drug-likeness (QED) is 0.263. The second-order valence-electron chi connectivity index (χ2n) is 9.31. The van der Waals surface area contributed by atoms with E-state index in [4.69, 9.17) is 4.99 Å². The van der Waals surface area contributed by atoms with Gasteiger partial charge in [0.1, 0.15) is 0 Å². The second-order valence-corrected chi connectivity index (χ2v) is 10.4. The third-order valence-electron chi connectivity index (χ3n) is 6.39. The van der Waals surface area contributed by atoms with Crippen LogP contribution in [-0.2, 0) is 6.54 Å². The number of hydrogen-bond donors (Lipinski definition) is 1. The number of aliphatic imine (C=N–C) groups is 1. The van der Waals surface area contributed by atoms with Crippen LogP contribution in [0.3, 0.4) is 0 Å². The van der Waals surface area contributed by atoms with Gasteiger partial charge >= 0.3 is 0 Å². The van der Waals surface area contributed by atoms with Crippen molar-refractivity contribution < 1.29 is 4.79 Å². The first-order valence-electron chi connectivity index (χ1n) is 13.2. The maximum atomic E-state index is 13.0. The number of nitrogens with one attached hydrogen (secondary N) is 1. The Morgan fingerprint density at radius 1 is 0.889 bits per heavy atom. The van der Waals surface area contributed by atoms with Crippen molar-refractivity contribution in [3.8, 4) is 0 Å². The molecule has 0 bridgehead atoms. The third-order valence-corrected chi connectivity index (χ3v) is 7.54. The lowest BCUT2D eigenvalue weighted by Gasteiger charge is -2.22. The van der Waals surface area contributed by atoms with Crippen molar-refractivity contribution in [1.29, 1.82) is 0 Å². The highest BCUT2D eigenvalue weighted by atomic mass is 32.2. The van der Waals surface area contributed by atoms with Crippen molar-refractivity contribution in [3.63, 3.8) is 0 Å². The molecule has 4 rings (SSSR count). The van der Waals surface area contributed by atoms with Crippen molar-refractivity contribution in [2.45, 2.75) is 62.3 Å². The maximum Gasteiger partial charge on any atom is 0.251 e. The first-order chi connectivity index (χ1) is 17.7. The molecule has 0 aromatic heterocycles. The predicted octanol–water partition coefficient (Wildman–Crippen LogP) is 7.49. The Morgan fingerprint density at radius 2 is 1.67 bits per heavy atom. The molecule has 0 saturated heterocycles. The maximum absolute atomic E-state index is 13.0. The van der Waals surface area contributed by atoms with E-state index >= 15 is 0 Å². The summed E-state index contributed by atoms with van der Waals surface area (Å²) in [7, 11) is 0. The van der Waals surface area contributed by atoms with Gasteiger partial charge in [-0.1, -0.05) is 87.0 Å². The average Bonchev–Trinajstić information content (AvgIpc) is 3.06. The van der Waals surface area contributed by atoms with E-state index in [9.17, 15) is 4.79 Å². The Bertz CT molecular complexity index is 1180.